The maximum absolute atomic E-state index is 11.9. The number of rotatable bonds is 6. The van der Waals surface area contributed by atoms with Crippen molar-refractivity contribution in [3.05, 3.63) is 63.7 Å². The Hall–Kier alpha value is -3.55. The average molecular weight is 357 g/mol. The average Bonchev–Trinajstić information content (AvgIpc) is 3.11. The third kappa shape index (κ3) is 3.92. The number of hydrogen-bond donors (Lipinski definition) is 0. The Kier molecular flexibility index (Phi) is 5.02. The number of benzene rings is 2. The fraction of sp³-hybridized carbons (Fsp3) is 0.167. The van der Waals surface area contributed by atoms with Crippen LogP contribution in [0.25, 0.3) is 6.08 Å². The van der Waals surface area contributed by atoms with E-state index >= 15 is 0 Å². The molecule has 2 aromatic carbocycles. The molecular formula is C18H15NO7. The molecule has 0 unspecified atom stereocenters. The molecule has 0 fully saturated rings. The molecule has 0 saturated carbocycles. The molecule has 8 nitrogen and oxygen atoms in total. The van der Waals surface area contributed by atoms with Crippen LogP contribution >= 0.6 is 0 Å². The van der Waals surface area contributed by atoms with Crippen molar-refractivity contribution in [2.45, 2.75) is 6.61 Å². The standard InChI is InChI=1S/C18H15NO7/c1-23-14-5-2-12(3-6-14)10-24-18(20)7-4-13-8-16-17(26-11-25-16)9-15(13)19(21)22/h2-9H,10-11H2,1H3/b7-4+. The van der Waals surface area contributed by atoms with E-state index in [-0.39, 0.29) is 24.7 Å². The van der Waals surface area contributed by atoms with Gasteiger partial charge in [-0.15, -0.1) is 0 Å². The summed E-state index contributed by atoms with van der Waals surface area (Å²) in [7, 11) is 1.56. The molecule has 0 atom stereocenters. The maximum atomic E-state index is 11.9. The van der Waals surface area contributed by atoms with Gasteiger partial charge in [0, 0.05) is 6.08 Å². The van der Waals surface area contributed by atoms with Crippen LogP contribution in [-0.2, 0) is 16.1 Å². The Morgan fingerprint density at radius 2 is 1.92 bits per heavy atom. The molecule has 1 aliphatic rings. The van der Waals surface area contributed by atoms with E-state index in [1.54, 1.807) is 31.4 Å². The summed E-state index contributed by atoms with van der Waals surface area (Å²) in [4.78, 5) is 22.5. The first-order valence-electron chi connectivity index (χ1n) is 7.62. The van der Waals surface area contributed by atoms with Crippen molar-refractivity contribution in [3.8, 4) is 17.2 Å². The van der Waals surface area contributed by atoms with Gasteiger partial charge in [-0.3, -0.25) is 10.1 Å². The highest BCUT2D eigenvalue weighted by Gasteiger charge is 2.22. The lowest BCUT2D eigenvalue weighted by molar-refractivity contribution is -0.385. The van der Waals surface area contributed by atoms with E-state index in [9.17, 15) is 14.9 Å². The number of nitro benzene ring substituents is 1. The molecular weight excluding hydrogens is 342 g/mol. The van der Waals surface area contributed by atoms with Gasteiger partial charge in [-0.2, -0.15) is 0 Å². The minimum atomic E-state index is -0.618. The maximum Gasteiger partial charge on any atom is 0.331 e. The number of fused-ring (bicyclic) bond motifs is 1. The summed E-state index contributed by atoms with van der Waals surface area (Å²) in [6, 6.07) is 9.79. The van der Waals surface area contributed by atoms with E-state index in [0.29, 0.717) is 17.2 Å². The number of methoxy groups -OCH3 is 1. The number of carbonyl (C=O) groups is 1. The van der Waals surface area contributed by atoms with Crippen molar-refractivity contribution >= 4 is 17.7 Å². The molecule has 8 heteroatoms. The van der Waals surface area contributed by atoms with Crippen LogP contribution in [0.15, 0.2) is 42.5 Å². The molecule has 0 radical (unpaired) electrons. The lowest BCUT2D eigenvalue weighted by atomic mass is 10.1. The lowest BCUT2D eigenvalue weighted by Crippen LogP contribution is -2.01. The minimum absolute atomic E-state index is 0.00353. The zero-order chi connectivity index (χ0) is 18.5. The van der Waals surface area contributed by atoms with Crippen LogP contribution < -0.4 is 14.2 Å². The first-order chi connectivity index (χ1) is 12.6. The number of ether oxygens (including phenoxy) is 4. The Balaban J connectivity index is 1.67. The third-order valence-electron chi connectivity index (χ3n) is 3.66. The highest BCUT2D eigenvalue weighted by Crippen LogP contribution is 2.38. The summed E-state index contributed by atoms with van der Waals surface area (Å²) >= 11 is 0. The molecule has 0 bridgehead atoms. The smallest absolute Gasteiger partial charge is 0.331 e. The molecule has 3 rings (SSSR count). The molecule has 0 spiro atoms. The summed E-state index contributed by atoms with van der Waals surface area (Å²) in [6.45, 7) is 0.0833. The van der Waals surface area contributed by atoms with Crippen LogP contribution in [0.4, 0.5) is 5.69 Å². The molecule has 0 saturated heterocycles. The highest BCUT2D eigenvalue weighted by atomic mass is 16.7. The number of nitrogens with zero attached hydrogens (tertiary/aromatic N) is 1. The van der Waals surface area contributed by atoms with Crippen molar-refractivity contribution in [2.75, 3.05) is 13.9 Å². The Labute approximate surface area is 148 Å². The van der Waals surface area contributed by atoms with Gasteiger partial charge < -0.3 is 18.9 Å². The van der Waals surface area contributed by atoms with E-state index in [1.807, 2.05) is 0 Å². The minimum Gasteiger partial charge on any atom is -0.497 e. The quantitative estimate of drug-likeness (QED) is 0.339. The van der Waals surface area contributed by atoms with E-state index in [1.165, 1.54) is 18.2 Å². The molecule has 0 aliphatic carbocycles. The van der Waals surface area contributed by atoms with Gasteiger partial charge in [0.2, 0.25) is 6.79 Å². The van der Waals surface area contributed by atoms with Crippen molar-refractivity contribution in [1.29, 1.82) is 0 Å². The number of nitro groups is 1. The molecule has 0 amide bonds. The van der Waals surface area contributed by atoms with Crippen LogP contribution in [0.2, 0.25) is 0 Å². The second-order valence-electron chi connectivity index (χ2n) is 5.31. The number of hydrogen-bond acceptors (Lipinski definition) is 7. The number of esters is 1. The van der Waals surface area contributed by atoms with Crippen molar-refractivity contribution < 1.29 is 28.7 Å². The summed E-state index contributed by atoms with van der Waals surface area (Å²) in [5.74, 6) is 0.778. The molecule has 134 valence electrons. The van der Waals surface area contributed by atoms with Gasteiger partial charge in [-0.1, -0.05) is 12.1 Å². The van der Waals surface area contributed by atoms with Crippen molar-refractivity contribution in [3.63, 3.8) is 0 Å². The SMILES string of the molecule is COc1ccc(COC(=O)/C=C/c2cc3c(cc2[N+](=O)[O-])OCO3)cc1. The largest absolute Gasteiger partial charge is 0.497 e. The van der Waals surface area contributed by atoms with Crippen molar-refractivity contribution in [1.82, 2.24) is 0 Å². The van der Waals surface area contributed by atoms with Gasteiger partial charge in [-0.25, -0.2) is 4.79 Å². The van der Waals surface area contributed by atoms with Gasteiger partial charge in [0.15, 0.2) is 11.5 Å². The predicted molar refractivity (Wildman–Crippen MR) is 91.0 cm³/mol. The molecule has 1 aliphatic heterocycles. The lowest BCUT2D eigenvalue weighted by Gasteiger charge is -2.04. The monoisotopic (exact) mass is 357 g/mol. The summed E-state index contributed by atoms with van der Waals surface area (Å²) in [6.07, 6.45) is 2.45. The second kappa shape index (κ2) is 7.56. The summed E-state index contributed by atoms with van der Waals surface area (Å²) in [5, 5.41) is 11.2. The zero-order valence-electron chi connectivity index (χ0n) is 13.8. The number of carbonyl (C=O) groups excluding carboxylic acids is 1. The van der Waals surface area contributed by atoms with E-state index in [2.05, 4.69) is 0 Å². The fourth-order valence-corrected chi connectivity index (χ4v) is 2.32. The van der Waals surface area contributed by atoms with Gasteiger partial charge in [0.05, 0.1) is 23.7 Å². The zero-order valence-corrected chi connectivity index (χ0v) is 13.8. The van der Waals surface area contributed by atoms with Gasteiger partial charge >= 0.3 is 5.97 Å². The van der Waals surface area contributed by atoms with Crippen LogP contribution in [0.5, 0.6) is 17.2 Å². The fourth-order valence-electron chi connectivity index (χ4n) is 2.32. The van der Waals surface area contributed by atoms with Crippen LogP contribution in [0.3, 0.4) is 0 Å². The Bertz CT molecular complexity index is 859. The van der Waals surface area contributed by atoms with Gasteiger partial charge in [0.1, 0.15) is 12.4 Å². The van der Waals surface area contributed by atoms with Crippen LogP contribution in [0, 0.1) is 10.1 Å². The van der Waals surface area contributed by atoms with E-state index in [4.69, 9.17) is 18.9 Å². The van der Waals surface area contributed by atoms with Gasteiger partial charge in [0.25, 0.3) is 5.69 Å². The van der Waals surface area contributed by atoms with Gasteiger partial charge in [-0.05, 0) is 29.8 Å². The first-order valence-corrected chi connectivity index (χ1v) is 7.62. The predicted octanol–water partition coefficient (Wildman–Crippen LogP) is 3.09. The van der Waals surface area contributed by atoms with Crippen molar-refractivity contribution in [2.24, 2.45) is 0 Å². The van der Waals surface area contributed by atoms with E-state index < -0.39 is 10.9 Å². The molecule has 26 heavy (non-hydrogen) atoms. The van der Waals surface area contributed by atoms with Crippen LogP contribution in [0.1, 0.15) is 11.1 Å². The second-order valence-corrected chi connectivity index (χ2v) is 5.31. The Morgan fingerprint density at radius 3 is 2.58 bits per heavy atom. The molecule has 1 heterocycles. The van der Waals surface area contributed by atoms with E-state index in [0.717, 1.165) is 11.6 Å². The molecule has 0 aromatic heterocycles. The topological polar surface area (TPSA) is 97.1 Å². The highest BCUT2D eigenvalue weighted by molar-refractivity contribution is 5.88. The summed E-state index contributed by atoms with van der Waals surface area (Å²) < 4.78 is 20.5. The first kappa shape index (κ1) is 17.3. The summed E-state index contributed by atoms with van der Waals surface area (Å²) in [5.41, 5.74) is 0.829. The molecule has 2 aromatic rings. The molecule has 0 N–H and O–H groups in total. The Morgan fingerprint density at radius 1 is 1.23 bits per heavy atom. The van der Waals surface area contributed by atoms with Crippen LogP contribution in [-0.4, -0.2) is 24.8 Å². The third-order valence-corrected chi connectivity index (χ3v) is 3.66. The normalized spacial score (nSPS) is 12.2.